The van der Waals surface area contributed by atoms with E-state index in [0.717, 1.165) is 30.1 Å². The predicted octanol–water partition coefficient (Wildman–Crippen LogP) is 6.80. The molecule has 2 heterocycles. The molecule has 0 saturated heterocycles. The van der Waals surface area contributed by atoms with Crippen LogP contribution in [-0.2, 0) is 28.7 Å². The number of ether oxygens (including phenoxy) is 2. The highest BCUT2D eigenvalue weighted by Gasteiger charge is 2.40. The Morgan fingerprint density at radius 1 is 1.04 bits per heavy atom. The molecule has 4 N–H and O–H groups in total. The molecule has 0 aliphatic carbocycles. The van der Waals surface area contributed by atoms with E-state index in [4.69, 9.17) is 26.8 Å². The first kappa shape index (κ1) is 34.0. The number of anilines is 1. The number of nitrogens with zero attached hydrogens (tertiary/aromatic N) is 2. The number of nitrogen functional groups attached to an aromatic ring is 1. The lowest BCUT2D eigenvalue weighted by Crippen LogP contribution is -2.40. The first-order chi connectivity index (χ1) is 22.2. The lowest BCUT2D eigenvalue weighted by atomic mass is 10.0. The molecule has 16 heteroatoms. The number of thioether (sulfide) groups is 1. The number of nitrogens with two attached hydrogens (primary N) is 1. The number of allylic oxidation sites excluding steroid dienone is 1. The van der Waals surface area contributed by atoms with Crippen LogP contribution in [0.25, 0.3) is 11.1 Å². The maximum atomic E-state index is 16.8. The summed E-state index contributed by atoms with van der Waals surface area (Å²) in [7, 11) is -1.44. The Kier molecular flexibility index (Phi) is 9.73. The van der Waals surface area contributed by atoms with Crippen LogP contribution < -0.4 is 25.2 Å². The van der Waals surface area contributed by atoms with Crippen molar-refractivity contribution >= 4 is 45.4 Å². The number of aromatic nitrogens is 1. The third kappa shape index (κ3) is 7.48. The van der Waals surface area contributed by atoms with Crippen LogP contribution >= 0.6 is 23.4 Å². The summed E-state index contributed by atoms with van der Waals surface area (Å²) in [5.41, 5.74) is 5.47. The lowest BCUT2D eigenvalue weighted by Gasteiger charge is -2.30. The van der Waals surface area contributed by atoms with E-state index < -0.39 is 32.6 Å². The molecular weight excluding hydrogens is 682 g/mol. The van der Waals surface area contributed by atoms with Crippen molar-refractivity contribution in [1.29, 1.82) is 0 Å². The second-order valence-electron chi connectivity index (χ2n) is 9.96. The molecule has 0 radical (unpaired) electrons. The molecule has 0 amide bonds. The number of aliphatic imine (C=N–C) groups is 1. The Balaban J connectivity index is 1.46. The fourth-order valence-electron chi connectivity index (χ4n) is 4.63. The van der Waals surface area contributed by atoms with Gasteiger partial charge in [0.15, 0.2) is 0 Å². The number of hydrogen-bond donors (Lipinski definition) is 3. The molecule has 1 atom stereocenters. The molecule has 246 valence electrons. The molecule has 47 heavy (non-hydrogen) atoms. The van der Waals surface area contributed by atoms with Gasteiger partial charge in [-0.05, 0) is 53.6 Å². The van der Waals surface area contributed by atoms with Crippen LogP contribution in [0.2, 0.25) is 0 Å². The highest BCUT2D eigenvalue weighted by Crippen LogP contribution is 2.43. The molecule has 0 bridgehead atoms. The average Bonchev–Trinajstić information content (AvgIpc) is 3.05. The van der Waals surface area contributed by atoms with Crippen LogP contribution in [0.15, 0.2) is 104 Å². The molecule has 1 aliphatic heterocycles. The van der Waals surface area contributed by atoms with Crippen LogP contribution in [0.3, 0.4) is 0 Å². The fraction of sp³-hybridized carbons (Fsp3) is 0.161. The van der Waals surface area contributed by atoms with Crippen LogP contribution in [0.5, 0.6) is 11.5 Å². The number of methoxy groups -OCH3 is 2. The van der Waals surface area contributed by atoms with Gasteiger partial charge in [-0.2, -0.15) is 17.6 Å². The Hall–Kier alpha value is -4.31. The molecular formula is C31H26ClF4N5O4S2. The molecule has 1 aliphatic rings. The summed E-state index contributed by atoms with van der Waals surface area (Å²) in [5.74, 6) is -1.88. The van der Waals surface area contributed by atoms with Gasteiger partial charge in [-0.25, -0.2) is 23.1 Å². The number of hydrogen-bond acceptors (Lipinski definition) is 9. The van der Waals surface area contributed by atoms with Crippen LogP contribution in [-0.4, -0.2) is 33.8 Å². The molecule has 1 aromatic heterocycles. The van der Waals surface area contributed by atoms with Gasteiger partial charge in [0.1, 0.15) is 17.3 Å². The summed E-state index contributed by atoms with van der Waals surface area (Å²) in [6, 6.07) is 16.1. The number of benzene rings is 3. The number of alkyl halides is 4. The summed E-state index contributed by atoms with van der Waals surface area (Å²) in [6.07, 6.45) is -2.29. The highest BCUT2D eigenvalue weighted by atomic mass is 35.5. The highest BCUT2D eigenvalue weighted by molar-refractivity contribution is 8.03. The Bertz CT molecular complexity index is 1990. The molecule has 9 nitrogen and oxygen atoms in total. The second kappa shape index (κ2) is 13.4. The van der Waals surface area contributed by atoms with Crippen LogP contribution in [0.4, 0.5) is 23.4 Å². The summed E-state index contributed by atoms with van der Waals surface area (Å²) >= 11 is 7.22. The van der Waals surface area contributed by atoms with E-state index in [-0.39, 0.29) is 38.4 Å². The summed E-state index contributed by atoms with van der Waals surface area (Å²) in [6.45, 7) is -0.192. The number of halogens is 5. The zero-order valence-electron chi connectivity index (χ0n) is 24.6. The maximum Gasteiger partial charge on any atom is 0.416 e. The minimum Gasteiger partial charge on any atom is -0.497 e. The number of rotatable bonds is 10. The molecule has 0 spiro atoms. The van der Waals surface area contributed by atoms with Crippen molar-refractivity contribution < 1.29 is 35.5 Å². The zero-order chi connectivity index (χ0) is 34.0. The Morgan fingerprint density at radius 2 is 1.81 bits per heavy atom. The summed E-state index contributed by atoms with van der Waals surface area (Å²) in [5, 5.41) is 2.46. The Labute approximate surface area is 276 Å². The number of nitrogens with one attached hydrogen (secondary N) is 2. The molecule has 1 unspecified atom stereocenters. The van der Waals surface area contributed by atoms with Gasteiger partial charge in [-0.3, -0.25) is 0 Å². The van der Waals surface area contributed by atoms with Gasteiger partial charge in [0, 0.05) is 35.5 Å². The standard InChI is InChI=1S/C31H26ClF4N5O4S2/c1-44-21-9-7-19(25(15-21)45-2)16-40-47(42,43)27-6-4-3-5-23(27)31(36)39-17-24(32)29(41-31)46-26-10-8-20(30(33,34)35)14-22(26)18-11-12-38-28(37)13-18/h3-15,17,40-41H,16H2,1-2H3,(H2,37,38). The van der Waals surface area contributed by atoms with E-state index in [1.165, 1.54) is 62.9 Å². The van der Waals surface area contributed by atoms with Gasteiger partial charge in [0.2, 0.25) is 10.0 Å². The molecule has 3 aromatic carbocycles. The molecule has 0 fully saturated rings. The number of sulfonamides is 1. The molecule has 4 aromatic rings. The predicted molar refractivity (Wildman–Crippen MR) is 172 cm³/mol. The van der Waals surface area contributed by atoms with Crippen molar-refractivity contribution in [3.63, 3.8) is 0 Å². The van der Waals surface area contributed by atoms with Crippen molar-refractivity contribution in [1.82, 2.24) is 15.0 Å². The van der Waals surface area contributed by atoms with Gasteiger partial charge in [-0.15, -0.1) is 0 Å². The topological polar surface area (TPSA) is 128 Å². The monoisotopic (exact) mass is 707 g/mol. The maximum absolute atomic E-state index is 16.8. The van der Waals surface area contributed by atoms with Gasteiger partial charge in [-0.1, -0.05) is 47.6 Å². The summed E-state index contributed by atoms with van der Waals surface area (Å²) < 4.78 is 97.7. The van der Waals surface area contributed by atoms with E-state index in [0.29, 0.717) is 22.6 Å². The fourth-order valence-corrected chi connectivity index (χ4v) is 7.07. The van der Waals surface area contributed by atoms with Gasteiger partial charge >= 0.3 is 12.1 Å². The van der Waals surface area contributed by atoms with Crippen molar-refractivity contribution in [2.45, 2.75) is 28.4 Å². The van der Waals surface area contributed by atoms with Crippen LogP contribution in [0.1, 0.15) is 16.7 Å². The quantitative estimate of drug-likeness (QED) is 0.121. The third-order valence-corrected chi connectivity index (χ3v) is 9.90. The lowest BCUT2D eigenvalue weighted by molar-refractivity contribution is -0.137. The molecule has 5 rings (SSSR count). The first-order valence-electron chi connectivity index (χ1n) is 13.6. The van der Waals surface area contributed by atoms with Gasteiger partial charge in [0.25, 0.3) is 0 Å². The van der Waals surface area contributed by atoms with Crippen molar-refractivity contribution in [2.24, 2.45) is 4.99 Å². The summed E-state index contributed by atoms with van der Waals surface area (Å²) in [4.78, 5) is 7.62. The van der Waals surface area contributed by atoms with E-state index in [1.807, 2.05) is 0 Å². The SMILES string of the molecule is COc1ccc(CNS(=O)(=O)c2ccccc2C2(F)N=CC(Cl)=C(Sc3ccc(C(F)(F)F)cc3-c3ccnc(N)c3)N2)c(OC)c1. The number of pyridine rings is 1. The minimum absolute atomic E-state index is 0.0321. The van der Waals surface area contributed by atoms with Crippen LogP contribution in [0, 0.1) is 0 Å². The smallest absolute Gasteiger partial charge is 0.416 e. The zero-order valence-corrected chi connectivity index (χ0v) is 27.0. The Morgan fingerprint density at radius 3 is 2.51 bits per heavy atom. The van der Waals surface area contributed by atoms with E-state index in [2.05, 4.69) is 20.0 Å². The van der Waals surface area contributed by atoms with Crippen molar-refractivity contribution in [3.8, 4) is 22.6 Å². The van der Waals surface area contributed by atoms with Gasteiger partial charge in [0.05, 0.1) is 40.3 Å². The normalized spacial score (nSPS) is 16.6. The van der Waals surface area contributed by atoms with Crippen molar-refractivity contribution in [3.05, 3.63) is 106 Å². The average molecular weight is 708 g/mol. The van der Waals surface area contributed by atoms with E-state index in [1.54, 1.807) is 18.2 Å². The molecule has 0 saturated carbocycles. The largest absolute Gasteiger partial charge is 0.497 e. The first-order valence-corrected chi connectivity index (χ1v) is 16.2. The van der Waals surface area contributed by atoms with E-state index in [9.17, 15) is 21.6 Å². The third-order valence-electron chi connectivity index (χ3n) is 6.94. The van der Waals surface area contributed by atoms with Crippen molar-refractivity contribution in [2.75, 3.05) is 20.0 Å². The van der Waals surface area contributed by atoms with E-state index >= 15 is 4.39 Å². The second-order valence-corrected chi connectivity index (χ2v) is 13.2. The van der Waals surface area contributed by atoms with Gasteiger partial charge < -0.3 is 20.5 Å². The minimum atomic E-state index is -4.64.